The summed E-state index contributed by atoms with van der Waals surface area (Å²) in [5, 5.41) is 5.73. The fourth-order valence-corrected chi connectivity index (χ4v) is 12.8. The van der Waals surface area contributed by atoms with E-state index in [1.54, 1.807) is 9.80 Å². The van der Waals surface area contributed by atoms with Crippen LogP contribution in [-0.4, -0.2) is 136 Å². The van der Waals surface area contributed by atoms with E-state index in [9.17, 15) is 33.6 Å². The van der Waals surface area contributed by atoms with E-state index in [4.69, 9.17) is 14.5 Å². The summed E-state index contributed by atoms with van der Waals surface area (Å²) in [7, 11) is 0. The van der Waals surface area contributed by atoms with Crippen molar-refractivity contribution in [3.63, 3.8) is 0 Å². The number of para-hydroxylation sites is 1. The third-order valence-corrected chi connectivity index (χ3v) is 17.4. The Kier molecular flexibility index (Phi) is 15.7. The Bertz CT molecular complexity index is 3510. The van der Waals surface area contributed by atoms with Gasteiger partial charge in [-0.05, 0) is 163 Å². The number of amides is 6. The molecule has 2 aromatic heterocycles. The highest BCUT2D eigenvalue weighted by Crippen LogP contribution is 2.37. The van der Waals surface area contributed by atoms with E-state index >= 15 is 4.39 Å². The summed E-state index contributed by atoms with van der Waals surface area (Å²) in [6.07, 6.45) is 4.37. The van der Waals surface area contributed by atoms with Gasteiger partial charge in [0, 0.05) is 56.8 Å². The number of carbonyl (C=O) groups is 7. The summed E-state index contributed by atoms with van der Waals surface area (Å²) in [5.41, 5.74) is 5.14. The summed E-state index contributed by atoms with van der Waals surface area (Å²) >= 11 is 1.43. The molecule has 0 spiro atoms. The number of pyridine rings is 1. The van der Waals surface area contributed by atoms with Gasteiger partial charge in [0.1, 0.15) is 29.0 Å². The molecule has 0 aliphatic carbocycles. The lowest BCUT2D eigenvalue weighted by Gasteiger charge is -2.40. The van der Waals surface area contributed by atoms with Gasteiger partial charge in [-0.1, -0.05) is 47.7 Å². The molecule has 7 heterocycles. The predicted octanol–water partition coefficient (Wildman–Crippen LogP) is 8.59. The minimum absolute atomic E-state index is 0.00388. The van der Waals surface area contributed by atoms with Gasteiger partial charge in [0.2, 0.25) is 17.7 Å². The molecule has 0 bridgehead atoms. The third kappa shape index (κ3) is 11.4. The van der Waals surface area contributed by atoms with Crippen LogP contribution in [-0.2, 0) is 32.1 Å². The van der Waals surface area contributed by atoms with Crippen molar-refractivity contribution in [1.82, 2.24) is 30.0 Å². The normalized spacial score (nSPS) is 18.3. The van der Waals surface area contributed by atoms with E-state index in [-0.39, 0.29) is 53.2 Å². The van der Waals surface area contributed by atoms with Gasteiger partial charge in [-0.15, -0.1) is 0 Å². The lowest BCUT2D eigenvalue weighted by atomic mass is 9.91. The van der Waals surface area contributed by atoms with Gasteiger partial charge in [-0.3, -0.25) is 49.2 Å². The molecular formula is C62H66FN9O9S. The number of nitrogens with zero attached hydrogens (tertiary/aromatic N) is 7. The van der Waals surface area contributed by atoms with Crippen LogP contribution in [0.4, 0.5) is 21.0 Å². The lowest BCUT2D eigenvalue weighted by molar-refractivity contribution is -0.138. The second kappa shape index (κ2) is 23.0. The van der Waals surface area contributed by atoms with Gasteiger partial charge >= 0.3 is 5.97 Å². The van der Waals surface area contributed by atoms with Crippen molar-refractivity contribution in [2.75, 3.05) is 67.5 Å². The molecule has 426 valence electrons. The number of hydrogen-bond donors (Lipinski definition) is 2. The summed E-state index contributed by atoms with van der Waals surface area (Å²) in [6.45, 7) is 13.9. The average molecular weight is 1130 g/mol. The van der Waals surface area contributed by atoms with Gasteiger partial charge in [-0.2, -0.15) is 0 Å². The molecule has 5 aliphatic rings. The Balaban J connectivity index is 0.672. The minimum atomic E-state index is -1.15. The van der Waals surface area contributed by atoms with E-state index in [0.717, 1.165) is 82.2 Å². The van der Waals surface area contributed by atoms with Gasteiger partial charge < -0.3 is 24.2 Å². The highest BCUT2D eigenvalue weighted by Gasteiger charge is 2.46. The molecular weight excluding hydrogens is 1070 g/mol. The number of thiazole rings is 1. The Hall–Kier alpha value is -8.10. The number of piperidine rings is 2. The zero-order valence-corrected chi connectivity index (χ0v) is 47.5. The van der Waals surface area contributed by atoms with Gasteiger partial charge in [0.25, 0.3) is 17.7 Å². The maximum absolute atomic E-state index is 15.6. The summed E-state index contributed by atoms with van der Waals surface area (Å²) in [6, 6.07) is 24.2. The summed E-state index contributed by atoms with van der Waals surface area (Å²) < 4.78 is 29.0. The number of fused-ring (bicyclic) bond motifs is 3. The number of halogens is 1. The zero-order valence-electron chi connectivity index (χ0n) is 46.7. The number of imide groups is 2. The van der Waals surface area contributed by atoms with Crippen molar-refractivity contribution in [3.8, 4) is 16.9 Å². The SMILES string of the molecule is Cc1c(OCCCC2CCN(C(C)C(=O)N3CCN(c4cc5c(cc4F)C(=O)N(C4CCC(=O)NC4=O)C5=O)CC3)CC2)cccc1-c1ccc(N2CCc3cccc(C(=O)Nc4nc5ccccc5s4)c3C2)nc1C(=O)OC(C)(C)C. The molecule has 3 saturated heterocycles. The first-order valence-corrected chi connectivity index (χ1v) is 29.0. The highest BCUT2D eigenvalue weighted by molar-refractivity contribution is 7.22. The van der Waals surface area contributed by atoms with Crippen molar-refractivity contribution < 1.29 is 47.4 Å². The first kappa shape index (κ1) is 55.8. The van der Waals surface area contributed by atoms with Crippen LogP contribution in [0.2, 0.25) is 0 Å². The molecule has 3 fully saturated rings. The fourth-order valence-electron chi connectivity index (χ4n) is 12.0. The quantitative estimate of drug-likeness (QED) is 0.0596. The Morgan fingerprint density at radius 3 is 2.29 bits per heavy atom. The molecule has 6 amide bonds. The molecule has 2 atom stereocenters. The molecule has 11 rings (SSSR count). The van der Waals surface area contributed by atoms with Crippen LogP contribution in [0.3, 0.4) is 0 Å². The maximum atomic E-state index is 15.6. The Morgan fingerprint density at radius 1 is 0.805 bits per heavy atom. The van der Waals surface area contributed by atoms with Gasteiger partial charge in [0.05, 0.1) is 39.7 Å². The molecule has 0 radical (unpaired) electrons. The number of piperazine rings is 1. The second-order valence-corrected chi connectivity index (χ2v) is 23.8. The van der Waals surface area contributed by atoms with Crippen LogP contribution < -0.4 is 25.2 Å². The number of hydrogen-bond acceptors (Lipinski definition) is 15. The molecule has 4 aromatic carbocycles. The topological polar surface area (TPSA) is 204 Å². The van der Waals surface area contributed by atoms with Crippen molar-refractivity contribution in [3.05, 3.63) is 130 Å². The number of benzene rings is 4. The van der Waals surface area contributed by atoms with E-state index in [2.05, 4.69) is 31.5 Å². The number of aromatic nitrogens is 2. The fraction of sp³-hybridized carbons (Fsp3) is 0.403. The van der Waals surface area contributed by atoms with Crippen LogP contribution in [0, 0.1) is 18.7 Å². The van der Waals surface area contributed by atoms with Crippen molar-refractivity contribution in [2.24, 2.45) is 5.92 Å². The number of rotatable bonds is 14. The third-order valence-electron chi connectivity index (χ3n) is 16.4. The predicted molar refractivity (Wildman–Crippen MR) is 309 cm³/mol. The van der Waals surface area contributed by atoms with Crippen LogP contribution in [0.5, 0.6) is 5.75 Å². The molecule has 5 aliphatic heterocycles. The number of esters is 1. The molecule has 82 heavy (non-hydrogen) atoms. The smallest absolute Gasteiger partial charge is 0.358 e. The maximum Gasteiger partial charge on any atom is 0.358 e. The van der Waals surface area contributed by atoms with Crippen LogP contribution >= 0.6 is 11.3 Å². The van der Waals surface area contributed by atoms with Crippen LogP contribution in [0.25, 0.3) is 21.3 Å². The Labute approximate surface area is 478 Å². The van der Waals surface area contributed by atoms with Gasteiger partial charge in [0.15, 0.2) is 10.8 Å². The first-order valence-electron chi connectivity index (χ1n) is 28.2. The number of ether oxygens (including phenoxy) is 2. The molecule has 2 unspecified atom stereocenters. The molecule has 2 N–H and O–H groups in total. The van der Waals surface area contributed by atoms with Crippen LogP contribution in [0.15, 0.2) is 84.9 Å². The average Bonchev–Trinajstić information content (AvgIpc) is 4.12. The van der Waals surface area contributed by atoms with E-state index < -0.39 is 47.1 Å². The number of anilines is 3. The molecule has 20 heteroatoms. The molecule has 0 saturated carbocycles. The monoisotopic (exact) mass is 1130 g/mol. The van der Waals surface area contributed by atoms with E-state index in [1.165, 1.54) is 17.4 Å². The zero-order chi connectivity index (χ0) is 57.6. The van der Waals surface area contributed by atoms with E-state index in [0.29, 0.717) is 86.0 Å². The number of likely N-dealkylation sites (tertiary alicyclic amines) is 1. The first-order chi connectivity index (χ1) is 39.4. The van der Waals surface area contributed by atoms with Crippen molar-refractivity contribution in [2.45, 2.75) is 104 Å². The van der Waals surface area contributed by atoms with Gasteiger partial charge in [-0.25, -0.2) is 19.2 Å². The minimum Gasteiger partial charge on any atom is -0.493 e. The largest absolute Gasteiger partial charge is 0.493 e. The molecule has 18 nitrogen and oxygen atoms in total. The standard InChI is InChI=1S/C62H66FN9O9S/c1-36-40(41-18-20-52(65-54(41)60(79)81-62(3,4)5)71-27-24-39-12-8-14-42(45(39)35-71)55(74)67-61-64-47-15-6-7-17-51(47)82-61)13-9-16-50(36)80-32-10-11-38-22-25-68(26-23-38)37(2)57(76)70-30-28-69(29-31-70)49-34-44-43(33-46(49)63)58(77)72(59(44)78)48-19-21-53(73)66-56(48)75/h6-9,12-18,20,33-34,37-38,48H,10-11,19,21-32,35H2,1-5H3,(H,64,67,74)(H,66,73,75). The van der Waals surface area contributed by atoms with Crippen molar-refractivity contribution >= 4 is 79.6 Å². The highest BCUT2D eigenvalue weighted by atomic mass is 32.1. The summed E-state index contributed by atoms with van der Waals surface area (Å²) in [5.74, 6) is -2.33. The van der Waals surface area contributed by atoms with E-state index in [1.807, 2.05) is 101 Å². The Morgan fingerprint density at radius 2 is 1.55 bits per heavy atom. The summed E-state index contributed by atoms with van der Waals surface area (Å²) in [4.78, 5) is 111. The van der Waals surface area contributed by atoms with Crippen LogP contribution in [0.1, 0.15) is 124 Å². The lowest BCUT2D eigenvalue weighted by Crippen LogP contribution is -2.55. The number of carbonyl (C=O) groups excluding carboxylic acids is 7. The van der Waals surface area contributed by atoms with Crippen molar-refractivity contribution in [1.29, 1.82) is 0 Å². The number of nitrogens with one attached hydrogen (secondary N) is 2. The molecule has 6 aromatic rings. The second-order valence-electron chi connectivity index (χ2n) is 22.8.